The molecule has 2 rings (SSSR count). The molecule has 1 atom stereocenters. The maximum Gasteiger partial charge on any atom is 0.393 e. The fourth-order valence-electron chi connectivity index (χ4n) is 2.20. The molecule has 1 aliphatic heterocycles. The largest absolute Gasteiger partial charge is 0.508 e. The molecule has 112 valence electrons. The van der Waals surface area contributed by atoms with Gasteiger partial charge >= 0.3 is 6.18 Å². The average molecular weight is 309 g/mol. The summed E-state index contributed by atoms with van der Waals surface area (Å²) in [4.78, 5) is -0.113. The van der Waals surface area contributed by atoms with E-state index in [-0.39, 0.29) is 30.0 Å². The van der Waals surface area contributed by atoms with E-state index < -0.39 is 28.7 Å². The SMILES string of the molecule is O=S(=O)(c1ccc(O)cc1)N1CCCC(C(F)(F)F)C1. The van der Waals surface area contributed by atoms with Crippen LogP contribution in [-0.2, 0) is 10.0 Å². The zero-order valence-corrected chi connectivity index (χ0v) is 11.3. The standard InChI is InChI=1S/C12H14F3NO3S/c13-12(14,15)9-2-1-7-16(8-9)20(18,19)11-5-3-10(17)4-6-11/h3-6,9,17H,1-2,7-8H2. The summed E-state index contributed by atoms with van der Waals surface area (Å²) in [5.74, 6) is -1.72. The van der Waals surface area contributed by atoms with E-state index in [1.54, 1.807) is 0 Å². The molecule has 0 radical (unpaired) electrons. The van der Waals surface area contributed by atoms with Gasteiger partial charge in [-0.05, 0) is 37.1 Å². The van der Waals surface area contributed by atoms with Crippen LogP contribution in [0, 0.1) is 5.92 Å². The Labute approximate surface area is 114 Å². The first-order valence-corrected chi connectivity index (χ1v) is 7.51. The Balaban J connectivity index is 2.23. The molecule has 4 nitrogen and oxygen atoms in total. The lowest BCUT2D eigenvalue weighted by atomic mass is 9.99. The molecule has 1 aliphatic rings. The number of halogens is 3. The van der Waals surface area contributed by atoms with Crippen LogP contribution in [0.4, 0.5) is 13.2 Å². The van der Waals surface area contributed by atoms with E-state index in [1.807, 2.05) is 0 Å². The van der Waals surface area contributed by atoms with E-state index in [9.17, 15) is 21.6 Å². The predicted molar refractivity (Wildman–Crippen MR) is 65.6 cm³/mol. The van der Waals surface area contributed by atoms with Gasteiger partial charge < -0.3 is 5.11 Å². The first kappa shape index (κ1) is 15.1. The molecule has 1 aromatic rings. The van der Waals surface area contributed by atoms with E-state index in [0.717, 1.165) is 4.31 Å². The summed E-state index contributed by atoms with van der Waals surface area (Å²) in [6.07, 6.45) is -4.25. The predicted octanol–water partition coefficient (Wildman–Crippen LogP) is 2.36. The number of rotatable bonds is 2. The number of phenolic OH excluding ortho intramolecular Hbond substituents is 1. The van der Waals surface area contributed by atoms with Gasteiger partial charge in [0.2, 0.25) is 10.0 Å². The topological polar surface area (TPSA) is 57.6 Å². The Hall–Kier alpha value is -1.28. The van der Waals surface area contributed by atoms with Crippen molar-refractivity contribution in [2.75, 3.05) is 13.1 Å². The van der Waals surface area contributed by atoms with E-state index in [1.165, 1.54) is 24.3 Å². The van der Waals surface area contributed by atoms with E-state index in [0.29, 0.717) is 0 Å². The van der Waals surface area contributed by atoms with Crippen LogP contribution in [0.1, 0.15) is 12.8 Å². The molecule has 0 saturated carbocycles. The van der Waals surface area contributed by atoms with Crippen molar-refractivity contribution in [3.8, 4) is 5.75 Å². The molecule has 0 aliphatic carbocycles. The monoisotopic (exact) mass is 309 g/mol. The number of benzene rings is 1. The third-order valence-electron chi connectivity index (χ3n) is 3.32. The normalized spacial score (nSPS) is 21.9. The van der Waals surface area contributed by atoms with Crippen LogP contribution in [0.2, 0.25) is 0 Å². The molecular weight excluding hydrogens is 295 g/mol. The molecule has 1 N–H and O–H groups in total. The highest BCUT2D eigenvalue weighted by atomic mass is 32.2. The van der Waals surface area contributed by atoms with Crippen molar-refractivity contribution >= 4 is 10.0 Å². The highest BCUT2D eigenvalue weighted by molar-refractivity contribution is 7.89. The molecule has 1 heterocycles. The maximum atomic E-state index is 12.7. The van der Waals surface area contributed by atoms with Gasteiger partial charge in [-0.1, -0.05) is 0 Å². The molecule has 1 fully saturated rings. The second-order valence-electron chi connectivity index (χ2n) is 4.74. The van der Waals surface area contributed by atoms with Gasteiger partial charge in [0.1, 0.15) is 5.75 Å². The molecular formula is C12H14F3NO3S. The number of alkyl halides is 3. The molecule has 1 saturated heterocycles. The number of nitrogens with zero attached hydrogens (tertiary/aromatic N) is 1. The highest BCUT2D eigenvalue weighted by Crippen LogP contribution is 2.35. The zero-order chi connectivity index (χ0) is 15.0. The summed E-state index contributed by atoms with van der Waals surface area (Å²) in [5, 5.41) is 9.12. The zero-order valence-electron chi connectivity index (χ0n) is 10.5. The summed E-state index contributed by atoms with van der Waals surface area (Å²) in [6.45, 7) is -0.470. The Morgan fingerprint density at radius 3 is 2.35 bits per heavy atom. The smallest absolute Gasteiger partial charge is 0.393 e. The van der Waals surface area contributed by atoms with Gasteiger partial charge in [-0.15, -0.1) is 0 Å². The minimum Gasteiger partial charge on any atom is -0.508 e. The van der Waals surface area contributed by atoms with Gasteiger partial charge in [0, 0.05) is 13.1 Å². The van der Waals surface area contributed by atoms with Crippen LogP contribution in [0.5, 0.6) is 5.75 Å². The number of piperidine rings is 1. The van der Waals surface area contributed by atoms with Crippen molar-refractivity contribution in [2.24, 2.45) is 5.92 Å². The van der Waals surface area contributed by atoms with Gasteiger partial charge in [-0.2, -0.15) is 17.5 Å². The lowest BCUT2D eigenvalue weighted by Crippen LogP contribution is -2.44. The van der Waals surface area contributed by atoms with Crippen molar-refractivity contribution in [1.29, 1.82) is 0 Å². The molecule has 0 bridgehead atoms. The van der Waals surface area contributed by atoms with Crippen LogP contribution in [-0.4, -0.2) is 37.1 Å². The quantitative estimate of drug-likeness (QED) is 0.912. The lowest BCUT2D eigenvalue weighted by Gasteiger charge is -2.32. The highest BCUT2D eigenvalue weighted by Gasteiger charge is 2.44. The molecule has 8 heteroatoms. The number of aromatic hydroxyl groups is 1. The third-order valence-corrected chi connectivity index (χ3v) is 5.20. The molecule has 1 unspecified atom stereocenters. The van der Waals surface area contributed by atoms with Crippen molar-refractivity contribution in [2.45, 2.75) is 23.9 Å². The van der Waals surface area contributed by atoms with E-state index in [2.05, 4.69) is 0 Å². The Morgan fingerprint density at radius 1 is 1.20 bits per heavy atom. The van der Waals surface area contributed by atoms with Crippen LogP contribution in [0.3, 0.4) is 0 Å². The lowest BCUT2D eigenvalue weighted by molar-refractivity contribution is -0.182. The summed E-state index contributed by atoms with van der Waals surface area (Å²) in [5.41, 5.74) is 0. The fraction of sp³-hybridized carbons (Fsp3) is 0.500. The van der Waals surface area contributed by atoms with Crippen LogP contribution in [0.15, 0.2) is 29.2 Å². The van der Waals surface area contributed by atoms with Gasteiger partial charge in [-0.3, -0.25) is 0 Å². The number of sulfonamides is 1. The first-order chi connectivity index (χ1) is 9.21. The summed E-state index contributed by atoms with van der Waals surface area (Å²) in [6, 6.07) is 4.75. The second-order valence-corrected chi connectivity index (χ2v) is 6.68. The Bertz CT molecular complexity index is 569. The van der Waals surface area contributed by atoms with Crippen LogP contribution in [0.25, 0.3) is 0 Å². The number of hydrogen-bond donors (Lipinski definition) is 1. The minimum absolute atomic E-state index is 0.0505. The average Bonchev–Trinajstić information content (AvgIpc) is 2.38. The maximum absolute atomic E-state index is 12.7. The number of phenols is 1. The number of hydrogen-bond acceptors (Lipinski definition) is 3. The van der Waals surface area contributed by atoms with Gasteiger partial charge in [0.25, 0.3) is 0 Å². The fourth-order valence-corrected chi connectivity index (χ4v) is 3.72. The Kier molecular flexibility index (Phi) is 3.97. The molecule has 1 aromatic carbocycles. The third kappa shape index (κ3) is 3.06. The van der Waals surface area contributed by atoms with Crippen molar-refractivity contribution in [3.05, 3.63) is 24.3 Å². The molecule has 0 amide bonds. The van der Waals surface area contributed by atoms with E-state index >= 15 is 0 Å². The van der Waals surface area contributed by atoms with Crippen molar-refractivity contribution in [1.82, 2.24) is 4.31 Å². The van der Waals surface area contributed by atoms with Crippen molar-refractivity contribution < 1.29 is 26.7 Å². The van der Waals surface area contributed by atoms with Gasteiger partial charge in [0.05, 0.1) is 10.8 Å². The summed E-state index contributed by atoms with van der Waals surface area (Å²) in [7, 11) is -3.95. The summed E-state index contributed by atoms with van der Waals surface area (Å²) < 4.78 is 63.5. The Morgan fingerprint density at radius 2 is 1.80 bits per heavy atom. The van der Waals surface area contributed by atoms with Gasteiger partial charge in [0.15, 0.2) is 0 Å². The molecule has 0 spiro atoms. The molecule has 0 aromatic heterocycles. The van der Waals surface area contributed by atoms with E-state index in [4.69, 9.17) is 5.11 Å². The van der Waals surface area contributed by atoms with Crippen LogP contribution >= 0.6 is 0 Å². The second kappa shape index (κ2) is 5.25. The van der Waals surface area contributed by atoms with Gasteiger partial charge in [-0.25, -0.2) is 8.42 Å². The van der Waals surface area contributed by atoms with Crippen LogP contribution < -0.4 is 0 Å². The molecule has 20 heavy (non-hydrogen) atoms. The van der Waals surface area contributed by atoms with Crippen molar-refractivity contribution in [3.63, 3.8) is 0 Å². The first-order valence-electron chi connectivity index (χ1n) is 6.07. The minimum atomic E-state index is -4.39. The summed E-state index contributed by atoms with van der Waals surface area (Å²) >= 11 is 0.